The number of aromatic nitrogens is 1. The maximum Gasteiger partial charge on any atom is 0.276 e. The molecule has 4 nitrogen and oxygen atoms in total. The summed E-state index contributed by atoms with van der Waals surface area (Å²) < 4.78 is 12.9. The number of rotatable bonds is 4. The Morgan fingerprint density at radius 3 is 2.50 bits per heavy atom. The molecule has 0 aliphatic rings. The number of nitrogens with one attached hydrogen (secondary N) is 1. The Hall–Kier alpha value is -2.43. The van der Waals surface area contributed by atoms with E-state index in [0.29, 0.717) is 11.4 Å². The lowest BCUT2D eigenvalue weighted by molar-refractivity contribution is 0.0988. The summed E-state index contributed by atoms with van der Waals surface area (Å²) in [7, 11) is 1.63. The van der Waals surface area contributed by atoms with Crippen LogP contribution < -0.4 is 10.2 Å². The molecule has 0 aliphatic heterocycles. The van der Waals surface area contributed by atoms with Gasteiger partial charge in [-0.15, -0.1) is 0 Å². The molecule has 0 atom stereocenters. The van der Waals surface area contributed by atoms with Gasteiger partial charge in [0, 0.05) is 19.3 Å². The molecule has 1 amide bonds. The normalized spacial score (nSPS) is 10.2. The Kier molecular flexibility index (Phi) is 4.30. The van der Waals surface area contributed by atoms with Crippen LogP contribution in [0.1, 0.15) is 17.4 Å². The van der Waals surface area contributed by atoms with E-state index in [1.54, 1.807) is 31.4 Å². The monoisotopic (exact) mass is 273 g/mol. The fourth-order valence-electron chi connectivity index (χ4n) is 1.78. The zero-order valence-corrected chi connectivity index (χ0v) is 11.4. The molecule has 20 heavy (non-hydrogen) atoms. The van der Waals surface area contributed by atoms with Gasteiger partial charge in [0.1, 0.15) is 11.5 Å². The fraction of sp³-hybridized carbons (Fsp3) is 0.200. The number of carbonyl (C=O) groups excluding carboxylic acids is 1. The van der Waals surface area contributed by atoms with Crippen LogP contribution in [0.15, 0.2) is 42.6 Å². The maximum atomic E-state index is 12.9. The van der Waals surface area contributed by atoms with Gasteiger partial charge in [-0.2, -0.15) is 0 Å². The van der Waals surface area contributed by atoms with Crippen molar-refractivity contribution in [2.75, 3.05) is 23.8 Å². The highest BCUT2D eigenvalue weighted by atomic mass is 19.1. The molecule has 1 aromatic heterocycles. The van der Waals surface area contributed by atoms with E-state index in [0.717, 1.165) is 12.2 Å². The fourth-order valence-corrected chi connectivity index (χ4v) is 1.78. The van der Waals surface area contributed by atoms with Crippen LogP contribution in [-0.2, 0) is 0 Å². The molecule has 0 saturated heterocycles. The third-order valence-corrected chi connectivity index (χ3v) is 2.88. The summed E-state index contributed by atoms with van der Waals surface area (Å²) in [5.41, 5.74) is 1.83. The van der Waals surface area contributed by atoms with E-state index in [1.165, 1.54) is 17.0 Å². The molecule has 0 fully saturated rings. The third-order valence-electron chi connectivity index (χ3n) is 2.88. The summed E-state index contributed by atoms with van der Waals surface area (Å²) >= 11 is 0. The van der Waals surface area contributed by atoms with E-state index in [2.05, 4.69) is 10.3 Å². The van der Waals surface area contributed by atoms with Crippen molar-refractivity contribution in [2.24, 2.45) is 0 Å². The van der Waals surface area contributed by atoms with Crippen molar-refractivity contribution < 1.29 is 9.18 Å². The maximum absolute atomic E-state index is 12.9. The molecule has 1 N–H and O–H groups in total. The second-order valence-electron chi connectivity index (χ2n) is 4.30. The number of hydrogen-bond donors (Lipinski definition) is 1. The molecule has 0 bridgehead atoms. The summed E-state index contributed by atoms with van der Waals surface area (Å²) in [6.07, 6.45) is 1.62. The van der Waals surface area contributed by atoms with Gasteiger partial charge in [-0.3, -0.25) is 4.79 Å². The van der Waals surface area contributed by atoms with Crippen LogP contribution >= 0.6 is 0 Å². The third kappa shape index (κ3) is 3.12. The first-order chi connectivity index (χ1) is 9.61. The summed E-state index contributed by atoms with van der Waals surface area (Å²) in [6, 6.07) is 9.23. The number of amides is 1. The minimum absolute atomic E-state index is 0.236. The second-order valence-corrected chi connectivity index (χ2v) is 4.30. The number of carbonyl (C=O) groups is 1. The van der Waals surface area contributed by atoms with E-state index in [-0.39, 0.29) is 11.7 Å². The first-order valence-electron chi connectivity index (χ1n) is 6.35. The van der Waals surface area contributed by atoms with Crippen molar-refractivity contribution in [1.82, 2.24) is 4.98 Å². The average Bonchev–Trinajstić information content (AvgIpc) is 2.48. The SMILES string of the molecule is CCNc1ccc(C(=O)N(C)c2ccc(F)cc2)nc1. The van der Waals surface area contributed by atoms with Crippen LogP contribution in [0.4, 0.5) is 15.8 Å². The van der Waals surface area contributed by atoms with Crippen molar-refractivity contribution in [3.63, 3.8) is 0 Å². The number of anilines is 2. The summed E-state index contributed by atoms with van der Waals surface area (Å²) in [5, 5.41) is 3.11. The zero-order chi connectivity index (χ0) is 14.5. The van der Waals surface area contributed by atoms with Crippen LogP contribution in [0.25, 0.3) is 0 Å². The van der Waals surface area contributed by atoms with Gasteiger partial charge in [0.2, 0.25) is 0 Å². The minimum Gasteiger partial charge on any atom is -0.384 e. The zero-order valence-electron chi connectivity index (χ0n) is 11.4. The molecule has 0 unspecified atom stereocenters. The second kappa shape index (κ2) is 6.14. The van der Waals surface area contributed by atoms with Crippen LogP contribution in [0, 0.1) is 5.82 Å². The van der Waals surface area contributed by atoms with Gasteiger partial charge >= 0.3 is 0 Å². The van der Waals surface area contributed by atoms with Crippen molar-refractivity contribution >= 4 is 17.3 Å². The van der Waals surface area contributed by atoms with Gasteiger partial charge in [-0.25, -0.2) is 9.37 Å². The molecule has 1 aromatic carbocycles. The van der Waals surface area contributed by atoms with E-state index in [4.69, 9.17) is 0 Å². The van der Waals surface area contributed by atoms with Crippen LogP contribution in [0.3, 0.4) is 0 Å². The molecule has 0 aliphatic carbocycles. The molecule has 0 saturated carbocycles. The lowest BCUT2D eigenvalue weighted by Gasteiger charge is -2.17. The molecule has 0 spiro atoms. The van der Waals surface area contributed by atoms with Gasteiger partial charge in [0.05, 0.1) is 11.9 Å². The lowest BCUT2D eigenvalue weighted by atomic mass is 10.2. The van der Waals surface area contributed by atoms with Gasteiger partial charge < -0.3 is 10.2 Å². The highest BCUT2D eigenvalue weighted by molar-refractivity contribution is 6.04. The smallest absolute Gasteiger partial charge is 0.276 e. The average molecular weight is 273 g/mol. The number of hydrogen-bond acceptors (Lipinski definition) is 3. The van der Waals surface area contributed by atoms with Gasteiger partial charge in [-0.05, 0) is 43.3 Å². The van der Waals surface area contributed by atoms with Gasteiger partial charge in [0.25, 0.3) is 5.91 Å². The first kappa shape index (κ1) is 14.0. The summed E-state index contributed by atoms with van der Waals surface area (Å²) in [6.45, 7) is 2.78. The minimum atomic E-state index is -0.331. The van der Waals surface area contributed by atoms with Gasteiger partial charge in [0.15, 0.2) is 0 Å². The van der Waals surface area contributed by atoms with Crippen LogP contribution in [0.5, 0.6) is 0 Å². The summed E-state index contributed by atoms with van der Waals surface area (Å²) in [5.74, 6) is -0.567. The van der Waals surface area contributed by atoms with Crippen molar-refractivity contribution in [1.29, 1.82) is 0 Å². The van der Waals surface area contributed by atoms with Crippen molar-refractivity contribution in [3.8, 4) is 0 Å². The highest BCUT2D eigenvalue weighted by Gasteiger charge is 2.14. The quantitative estimate of drug-likeness (QED) is 0.931. The molecule has 1 heterocycles. The Balaban J connectivity index is 2.15. The first-order valence-corrected chi connectivity index (χ1v) is 6.35. The molecule has 0 radical (unpaired) electrons. The Morgan fingerprint density at radius 1 is 1.25 bits per heavy atom. The van der Waals surface area contributed by atoms with E-state index >= 15 is 0 Å². The number of benzene rings is 1. The number of nitrogens with zero attached hydrogens (tertiary/aromatic N) is 2. The van der Waals surface area contributed by atoms with E-state index in [1.807, 2.05) is 13.0 Å². The predicted molar refractivity (Wildman–Crippen MR) is 77.5 cm³/mol. The number of halogens is 1. The Morgan fingerprint density at radius 2 is 1.95 bits per heavy atom. The number of pyridine rings is 1. The lowest BCUT2D eigenvalue weighted by Crippen LogP contribution is -2.27. The molecular weight excluding hydrogens is 257 g/mol. The Labute approximate surface area is 117 Å². The molecule has 2 aromatic rings. The Bertz CT molecular complexity index is 581. The standard InChI is InChI=1S/C15H16FN3O/c1-3-17-12-6-9-14(18-10-12)15(20)19(2)13-7-4-11(16)5-8-13/h4-10,17H,3H2,1-2H3. The van der Waals surface area contributed by atoms with Crippen molar-refractivity contribution in [2.45, 2.75) is 6.92 Å². The van der Waals surface area contributed by atoms with E-state index < -0.39 is 0 Å². The topological polar surface area (TPSA) is 45.2 Å². The van der Waals surface area contributed by atoms with Crippen molar-refractivity contribution in [3.05, 3.63) is 54.1 Å². The van der Waals surface area contributed by atoms with Gasteiger partial charge in [-0.1, -0.05) is 0 Å². The molecule has 2 rings (SSSR count). The summed E-state index contributed by atoms with van der Waals surface area (Å²) in [4.78, 5) is 17.8. The van der Waals surface area contributed by atoms with E-state index in [9.17, 15) is 9.18 Å². The van der Waals surface area contributed by atoms with Crippen LogP contribution in [-0.4, -0.2) is 24.5 Å². The van der Waals surface area contributed by atoms with Crippen LogP contribution in [0.2, 0.25) is 0 Å². The molecule has 5 heteroatoms. The largest absolute Gasteiger partial charge is 0.384 e. The predicted octanol–water partition coefficient (Wildman–Crippen LogP) is 2.93. The molecule has 104 valence electrons. The molecular formula is C15H16FN3O. The highest BCUT2D eigenvalue weighted by Crippen LogP contribution is 2.16.